The second kappa shape index (κ2) is 8.63. The van der Waals surface area contributed by atoms with E-state index in [1.165, 1.54) is 6.33 Å². The van der Waals surface area contributed by atoms with Gasteiger partial charge in [0.25, 0.3) is 5.91 Å². The molecule has 7 heteroatoms. The van der Waals surface area contributed by atoms with E-state index in [-0.39, 0.29) is 17.9 Å². The molecule has 4 rings (SSSR count). The average Bonchev–Trinajstić information content (AvgIpc) is 3.28. The van der Waals surface area contributed by atoms with Gasteiger partial charge in [-0.2, -0.15) is 5.10 Å². The molecule has 2 aromatic rings. The smallest absolute Gasteiger partial charge is 0.254 e. The topological polar surface area (TPSA) is 80.3 Å². The van der Waals surface area contributed by atoms with E-state index in [2.05, 4.69) is 15.2 Å². The second-order valence-corrected chi connectivity index (χ2v) is 7.24. The third-order valence-corrected chi connectivity index (χ3v) is 5.42. The summed E-state index contributed by atoms with van der Waals surface area (Å²) in [6, 6.07) is 7.78. The first-order valence-electron chi connectivity index (χ1n) is 9.73. The Kier molecular flexibility index (Phi) is 5.79. The number of hydrogen-bond donors (Lipinski definition) is 1. The number of piperidine rings is 1. The Balaban J connectivity index is 1.43. The molecule has 0 aliphatic carbocycles. The van der Waals surface area contributed by atoms with Crippen molar-refractivity contribution in [2.24, 2.45) is 0 Å². The number of H-pyrrole nitrogens is 1. The number of amides is 1. The molecule has 27 heavy (non-hydrogen) atoms. The molecular formula is C20H26N4O3. The molecule has 0 saturated carbocycles. The van der Waals surface area contributed by atoms with Crippen molar-refractivity contribution in [3.05, 3.63) is 47.5 Å². The molecule has 1 amide bonds. The van der Waals surface area contributed by atoms with Crippen LogP contribution in [0.15, 0.2) is 30.6 Å². The highest BCUT2D eigenvalue weighted by atomic mass is 16.5. The third-order valence-electron chi connectivity index (χ3n) is 5.42. The van der Waals surface area contributed by atoms with Crippen LogP contribution in [0.3, 0.4) is 0 Å². The Bertz CT molecular complexity index is 743. The van der Waals surface area contributed by atoms with Crippen molar-refractivity contribution in [3.8, 4) is 0 Å². The maximum atomic E-state index is 13.2. The van der Waals surface area contributed by atoms with Crippen LogP contribution in [-0.2, 0) is 16.1 Å². The molecule has 0 unspecified atom stereocenters. The summed E-state index contributed by atoms with van der Waals surface area (Å²) in [5.74, 6) is 1.16. The Morgan fingerprint density at radius 1 is 1.26 bits per heavy atom. The highest BCUT2D eigenvalue weighted by Crippen LogP contribution is 2.26. The minimum Gasteiger partial charge on any atom is -0.381 e. The van der Waals surface area contributed by atoms with Crippen LogP contribution < -0.4 is 0 Å². The summed E-state index contributed by atoms with van der Waals surface area (Å²) in [5, 5.41) is 6.89. The van der Waals surface area contributed by atoms with Gasteiger partial charge in [0.2, 0.25) is 0 Å². The molecule has 0 radical (unpaired) electrons. The van der Waals surface area contributed by atoms with Gasteiger partial charge in [-0.1, -0.05) is 18.2 Å². The lowest BCUT2D eigenvalue weighted by Gasteiger charge is -2.32. The zero-order valence-corrected chi connectivity index (χ0v) is 15.5. The highest BCUT2D eigenvalue weighted by molar-refractivity contribution is 5.95. The highest BCUT2D eigenvalue weighted by Gasteiger charge is 2.28. The van der Waals surface area contributed by atoms with Crippen LogP contribution in [0.2, 0.25) is 0 Å². The van der Waals surface area contributed by atoms with Gasteiger partial charge >= 0.3 is 0 Å². The number of aromatic nitrogens is 3. The Hall–Kier alpha value is -2.25. The van der Waals surface area contributed by atoms with Gasteiger partial charge in [0, 0.05) is 37.8 Å². The molecule has 1 atom stereocenters. The van der Waals surface area contributed by atoms with Gasteiger partial charge in [-0.25, -0.2) is 4.98 Å². The summed E-state index contributed by atoms with van der Waals surface area (Å²) in [5.41, 5.74) is 1.69. The quantitative estimate of drug-likeness (QED) is 0.875. The average molecular weight is 370 g/mol. The number of ether oxygens (including phenoxy) is 2. The van der Waals surface area contributed by atoms with Crippen LogP contribution in [0.25, 0.3) is 0 Å². The van der Waals surface area contributed by atoms with Gasteiger partial charge in [0.05, 0.1) is 12.7 Å². The molecule has 2 aliphatic rings. The molecule has 2 saturated heterocycles. The number of carbonyl (C=O) groups is 1. The molecule has 144 valence electrons. The first-order valence-corrected chi connectivity index (χ1v) is 9.73. The SMILES string of the molecule is O=C(c1ccccc1COC1CCOCC1)N1CCC[C@H](c2ncn[nH]2)C1. The van der Waals surface area contributed by atoms with Crippen LogP contribution in [0.1, 0.15) is 53.3 Å². The van der Waals surface area contributed by atoms with E-state index < -0.39 is 0 Å². The Morgan fingerprint density at radius 3 is 2.93 bits per heavy atom. The lowest BCUT2D eigenvalue weighted by atomic mass is 9.96. The maximum Gasteiger partial charge on any atom is 0.254 e. The molecule has 2 aliphatic heterocycles. The predicted molar refractivity (Wildman–Crippen MR) is 99.3 cm³/mol. The van der Waals surface area contributed by atoms with E-state index >= 15 is 0 Å². The van der Waals surface area contributed by atoms with E-state index in [0.717, 1.165) is 62.4 Å². The predicted octanol–water partition coefficient (Wildman–Crippen LogP) is 2.52. The Morgan fingerprint density at radius 2 is 2.11 bits per heavy atom. The van der Waals surface area contributed by atoms with Gasteiger partial charge in [-0.3, -0.25) is 9.89 Å². The summed E-state index contributed by atoms with van der Waals surface area (Å²) >= 11 is 0. The van der Waals surface area contributed by atoms with Crippen molar-refractivity contribution in [1.82, 2.24) is 20.1 Å². The zero-order chi connectivity index (χ0) is 18.5. The van der Waals surface area contributed by atoms with Crippen LogP contribution in [-0.4, -0.2) is 58.4 Å². The van der Waals surface area contributed by atoms with E-state index in [1.807, 2.05) is 29.2 Å². The third kappa shape index (κ3) is 4.36. The zero-order valence-electron chi connectivity index (χ0n) is 15.5. The van der Waals surface area contributed by atoms with Crippen molar-refractivity contribution < 1.29 is 14.3 Å². The van der Waals surface area contributed by atoms with Crippen LogP contribution in [0, 0.1) is 0 Å². The summed E-state index contributed by atoms with van der Waals surface area (Å²) in [6.45, 7) is 3.41. The van der Waals surface area contributed by atoms with Crippen LogP contribution >= 0.6 is 0 Å². The summed E-state index contributed by atoms with van der Waals surface area (Å²) in [4.78, 5) is 19.4. The standard InChI is InChI=1S/C20H26N4O3/c25-20(24-9-3-5-15(12-24)19-21-14-22-23-19)18-6-2-1-4-16(18)13-27-17-7-10-26-11-8-17/h1-2,4,6,14-15,17H,3,5,7-13H2,(H,21,22,23)/t15-/m0/s1. The molecule has 0 bridgehead atoms. The maximum absolute atomic E-state index is 13.2. The monoisotopic (exact) mass is 370 g/mol. The normalized spacial score (nSPS) is 21.3. The number of aromatic amines is 1. The molecule has 1 aromatic carbocycles. The Labute approximate surface area is 159 Å². The van der Waals surface area contributed by atoms with E-state index in [0.29, 0.717) is 13.2 Å². The number of nitrogens with zero attached hydrogens (tertiary/aromatic N) is 3. The number of carbonyl (C=O) groups excluding carboxylic acids is 1. The molecule has 0 spiro atoms. The molecule has 3 heterocycles. The van der Waals surface area contributed by atoms with Crippen LogP contribution in [0.4, 0.5) is 0 Å². The van der Waals surface area contributed by atoms with Crippen molar-refractivity contribution in [3.63, 3.8) is 0 Å². The van der Waals surface area contributed by atoms with Gasteiger partial charge in [-0.05, 0) is 37.3 Å². The first kappa shape index (κ1) is 18.1. The second-order valence-electron chi connectivity index (χ2n) is 7.24. The number of rotatable bonds is 5. The number of hydrogen-bond acceptors (Lipinski definition) is 5. The lowest BCUT2D eigenvalue weighted by molar-refractivity contribution is -0.0392. The fourth-order valence-corrected chi connectivity index (χ4v) is 3.87. The number of nitrogens with one attached hydrogen (secondary N) is 1. The van der Waals surface area contributed by atoms with E-state index in [4.69, 9.17) is 9.47 Å². The molecular weight excluding hydrogens is 344 g/mol. The number of likely N-dealkylation sites (tertiary alicyclic amines) is 1. The van der Waals surface area contributed by atoms with Crippen molar-refractivity contribution in [2.45, 2.75) is 44.3 Å². The van der Waals surface area contributed by atoms with E-state index in [9.17, 15) is 4.79 Å². The molecule has 2 fully saturated rings. The van der Waals surface area contributed by atoms with Crippen molar-refractivity contribution in [2.75, 3.05) is 26.3 Å². The molecule has 7 nitrogen and oxygen atoms in total. The van der Waals surface area contributed by atoms with Gasteiger partial charge < -0.3 is 14.4 Å². The summed E-state index contributed by atoms with van der Waals surface area (Å²) in [6.07, 6.45) is 5.57. The minimum atomic E-state index is 0.0744. The summed E-state index contributed by atoms with van der Waals surface area (Å²) < 4.78 is 11.4. The minimum absolute atomic E-state index is 0.0744. The fourth-order valence-electron chi connectivity index (χ4n) is 3.87. The van der Waals surface area contributed by atoms with Gasteiger partial charge in [0.15, 0.2) is 0 Å². The molecule has 1 aromatic heterocycles. The van der Waals surface area contributed by atoms with Crippen LogP contribution in [0.5, 0.6) is 0 Å². The van der Waals surface area contributed by atoms with E-state index in [1.54, 1.807) is 0 Å². The largest absolute Gasteiger partial charge is 0.381 e. The number of benzene rings is 1. The van der Waals surface area contributed by atoms with Crippen molar-refractivity contribution in [1.29, 1.82) is 0 Å². The molecule has 1 N–H and O–H groups in total. The fraction of sp³-hybridized carbons (Fsp3) is 0.550. The van der Waals surface area contributed by atoms with Gasteiger partial charge in [0.1, 0.15) is 12.2 Å². The van der Waals surface area contributed by atoms with Gasteiger partial charge in [-0.15, -0.1) is 0 Å². The summed E-state index contributed by atoms with van der Waals surface area (Å²) in [7, 11) is 0. The lowest BCUT2D eigenvalue weighted by Crippen LogP contribution is -2.39. The first-order chi connectivity index (χ1) is 13.3. The van der Waals surface area contributed by atoms with Crippen molar-refractivity contribution >= 4 is 5.91 Å².